The molecule has 2 aromatic carbocycles. The van der Waals surface area contributed by atoms with Crippen LogP contribution in [0.15, 0.2) is 60.7 Å². The Morgan fingerprint density at radius 2 is 0.741 bits per heavy atom. The number of aliphatic carboxylic acids is 2. The number of carbonyl (C=O) groups excluding carboxylic acids is 10. The van der Waals surface area contributed by atoms with Crippen LogP contribution in [0.3, 0.4) is 0 Å². The highest BCUT2D eigenvalue weighted by Crippen LogP contribution is 2.13. The molecule has 17 N–H and O–H groups in total. The third-order valence-electron chi connectivity index (χ3n) is 12.4. The molecular formula is C54H81N11O16. The van der Waals surface area contributed by atoms with Crippen molar-refractivity contribution in [3.05, 3.63) is 71.8 Å². The Morgan fingerprint density at radius 1 is 0.407 bits per heavy atom. The average molecular weight is 1140 g/mol. The van der Waals surface area contributed by atoms with Crippen molar-refractivity contribution in [2.24, 2.45) is 35.1 Å². The van der Waals surface area contributed by atoms with Gasteiger partial charge in [-0.3, -0.25) is 52.7 Å². The number of hydrogen-bond donors (Lipinski definition) is 15. The summed E-state index contributed by atoms with van der Waals surface area (Å²) in [5.41, 5.74) is 12.5. The van der Waals surface area contributed by atoms with E-state index < -0.39 is 163 Å². The zero-order valence-electron chi connectivity index (χ0n) is 46.9. The first-order valence-corrected chi connectivity index (χ1v) is 26.5. The van der Waals surface area contributed by atoms with Gasteiger partial charge in [-0.2, -0.15) is 0 Å². The quantitative estimate of drug-likeness (QED) is 0.0327. The van der Waals surface area contributed by atoms with Gasteiger partial charge in [-0.25, -0.2) is 4.79 Å². The molecule has 10 atom stereocenters. The number of hydrogen-bond acceptors (Lipinski definition) is 15. The molecule has 2 aromatic rings. The number of rotatable bonds is 35. The van der Waals surface area contributed by atoms with Gasteiger partial charge in [0.25, 0.3) is 0 Å². The minimum Gasteiger partial charge on any atom is -0.481 e. The van der Waals surface area contributed by atoms with Gasteiger partial charge < -0.3 is 79.7 Å². The molecule has 0 aliphatic rings. The SMILES string of the molecule is CC(C)C[C@H](NC(=O)[C@H](CC(C)C)NC(=O)[C@@H](N)C(C)C)C(=O)N[C@@H](CC(N)=O)C(=O)N[C@@H](Cc1ccccc1)C(=O)N[C@@H](CO)C(=O)N[C@@H](CC(=O)O)C(=O)N[C@@H](Cc1ccccc1)C(=O)N[C@H](C(=O)N[C@@H](CO)C(=O)O)C(C)C. The molecule has 27 heteroatoms. The summed E-state index contributed by atoms with van der Waals surface area (Å²) in [7, 11) is 0. The molecule has 0 bridgehead atoms. The fraction of sp³-hybridized carbons (Fsp3) is 0.556. The van der Waals surface area contributed by atoms with Crippen LogP contribution in [0, 0.1) is 23.7 Å². The molecule has 2 rings (SSSR count). The Balaban J connectivity index is 2.47. The topological polar surface area (TPSA) is 446 Å². The summed E-state index contributed by atoms with van der Waals surface area (Å²) in [5.74, 6) is -14.6. The summed E-state index contributed by atoms with van der Waals surface area (Å²) < 4.78 is 0. The Morgan fingerprint density at radius 3 is 1.11 bits per heavy atom. The first-order valence-electron chi connectivity index (χ1n) is 26.5. The second-order valence-electron chi connectivity index (χ2n) is 21.1. The maximum absolute atomic E-state index is 14.2. The van der Waals surface area contributed by atoms with Crippen molar-refractivity contribution in [2.75, 3.05) is 13.2 Å². The van der Waals surface area contributed by atoms with Gasteiger partial charge in [0.15, 0.2) is 0 Å². The second-order valence-corrected chi connectivity index (χ2v) is 21.1. The lowest BCUT2D eigenvalue weighted by Crippen LogP contribution is -2.62. The fourth-order valence-corrected chi connectivity index (χ4v) is 7.95. The molecule has 0 saturated carbocycles. The summed E-state index contributed by atoms with van der Waals surface area (Å²) >= 11 is 0. The molecule has 0 radical (unpaired) electrons. The molecule has 0 heterocycles. The predicted octanol–water partition coefficient (Wildman–Crippen LogP) is -3.01. The highest BCUT2D eigenvalue weighted by Gasteiger charge is 2.37. The molecular weight excluding hydrogens is 1060 g/mol. The smallest absolute Gasteiger partial charge is 0.328 e. The molecule has 0 aromatic heterocycles. The first-order chi connectivity index (χ1) is 38.0. The van der Waals surface area contributed by atoms with Gasteiger partial charge in [0.2, 0.25) is 59.1 Å². The van der Waals surface area contributed by atoms with Crippen LogP contribution in [0.2, 0.25) is 0 Å². The highest BCUT2D eigenvalue weighted by molar-refractivity contribution is 6.00. The number of carboxylic acids is 2. The van der Waals surface area contributed by atoms with E-state index in [1.165, 1.54) is 13.8 Å². The van der Waals surface area contributed by atoms with Gasteiger partial charge in [-0.15, -0.1) is 0 Å². The van der Waals surface area contributed by atoms with Gasteiger partial charge >= 0.3 is 11.9 Å². The van der Waals surface area contributed by atoms with Crippen LogP contribution >= 0.6 is 0 Å². The van der Waals surface area contributed by atoms with Gasteiger partial charge in [-0.05, 0) is 47.6 Å². The maximum atomic E-state index is 14.2. The van der Waals surface area contributed by atoms with Crippen LogP contribution in [-0.2, 0) is 70.4 Å². The van der Waals surface area contributed by atoms with Crippen molar-refractivity contribution in [1.82, 2.24) is 47.9 Å². The lowest BCUT2D eigenvalue weighted by Gasteiger charge is -2.28. The lowest BCUT2D eigenvalue weighted by atomic mass is 9.98. The van der Waals surface area contributed by atoms with E-state index in [1.54, 1.807) is 88.4 Å². The van der Waals surface area contributed by atoms with Crippen molar-refractivity contribution < 1.29 is 78.0 Å². The van der Waals surface area contributed by atoms with Crippen LogP contribution in [0.5, 0.6) is 0 Å². The van der Waals surface area contributed by atoms with E-state index in [0.717, 1.165) is 0 Å². The minimum absolute atomic E-state index is 0.0159. The Labute approximate surface area is 470 Å². The zero-order valence-corrected chi connectivity index (χ0v) is 46.9. The van der Waals surface area contributed by atoms with Crippen molar-refractivity contribution in [3.8, 4) is 0 Å². The lowest BCUT2D eigenvalue weighted by molar-refractivity contribution is -0.143. The molecule has 27 nitrogen and oxygen atoms in total. The molecule has 448 valence electrons. The van der Waals surface area contributed by atoms with E-state index in [0.29, 0.717) is 11.1 Å². The maximum Gasteiger partial charge on any atom is 0.328 e. The Kier molecular flexibility index (Phi) is 29.1. The molecule has 0 aliphatic heterocycles. The number of carboxylic acid groups (broad SMARTS) is 2. The molecule has 0 saturated heterocycles. The number of aliphatic hydroxyl groups is 2. The van der Waals surface area contributed by atoms with E-state index in [1.807, 2.05) is 13.8 Å². The standard InChI is InChI=1S/C54H81N11O16/c1-27(2)19-33(57-46(72)34(20-28(3)4)62-52(78)43(56)29(5)6)45(71)60-37(23-41(55)68)48(74)58-35(21-31-15-11-9-12-16-31)47(73)63-39(25-66)51(77)61-38(24-42(69)70)49(75)59-36(22-32-17-13-10-14-18-32)50(76)65-44(30(7)8)53(79)64-40(26-67)54(80)81/h9-18,27-30,33-40,43-44,66-67H,19-26,56H2,1-8H3,(H2,55,68)(H,57,72)(H,58,74)(H,59,75)(H,60,71)(H,61,77)(H,62,78)(H,63,73)(H,64,79)(H,65,76)(H,69,70)(H,80,81)/t33-,34-,35-,36-,37-,38-,39-,40-,43-,44-/m0/s1. The number of benzene rings is 2. The largest absolute Gasteiger partial charge is 0.481 e. The summed E-state index contributed by atoms with van der Waals surface area (Å²) in [6.07, 6.45) is -2.30. The highest BCUT2D eigenvalue weighted by atomic mass is 16.4. The van der Waals surface area contributed by atoms with Gasteiger partial charge in [0.1, 0.15) is 54.4 Å². The zero-order chi connectivity index (χ0) is 61.3. The van der Waals surface area contributed by atoms with Gasteiger partial charge in [0, 0.05) is 12.8 Å². The Hall–Kier alpha value is -8.04. The summed E-state index contributed by atoms with van der Waals surface area (Å²) in [5, 5.41) is 60.7. The number of primary amides is 1. The third-order valence-corrected chi connectivity index (χ3v) is 12.4. The summed E-state index contributed by atoms with van der Waals surface area (Å²) in [6.45, 7) is 11.5. The molecule has 10 amide bonds. The van der Waals surface area contributed by atoms with Crippen LogP contribution in [0.25, 0.3) is 0 Å². The molecule has 0 spiro atoms. The number of amides is 10. The monoisotopic (exact) mass is 1140 g/mol. The second kappa shape index (κ2) is 34.2. The van der Waals surface area contributed by atoms with Crippen molar-refractivity contribution in [3.63, 3.8) is 0 Å². The van der Waals surface area contributed by atoms with Crippen molar-refractivity contribution >= 4 is 71.0 Å². The van der Waals surface area contributed by atoms with Gasteiger partial charge in [-0.1, -0.05) is 116 Å². The van der Waals surface area contributed by atoms with E-state index in [-0.39, 0.29) is 43.4 Å². The van der Waals surface area contributed by atoms with E-state index in [4.69, 9.17) is 11.5 Å². The number of nitrogens with two attached hydrogens (primary N) is 2. The van der Waals surface area contributed by atoms with E-state index in [2.05, 4.69) is 47.9 Å². The predicted molar refractivity (Wildman–Crippen MR) is 292 cm³/mol. The number of aliphatic hydroxyl groups excluding tert-OH is 2. The van der Waals surface area contributed by atoms with Crippen molar-refractivity contribution in [1.29, 1.82) is 0 Å². The molecule has 0 aliphatic carbocycles. The van der Waals surface area contributed by atoms with Crippen LogP contribution < -0.4 is 59.3 Å². The van der Waals surface area contributed by atoms with Crippen molar-refractivity contribution in [2.45, 2.75) is 154 Å². The third kappa shape index (κ3) is 24.5. The molecule has 0 fully saturated rings. The van der Waals surface area contributed by atoms with Crippen LogP contribution in [-0.4, -0.2) is 165 Å². The Bertz CT molecular complexity index is 2480. The van der Waals surface area contributed by atoms with Gasteiger partial charge in [0.05, 0.1) is 32.1 Å². The number of nitrogens with one attached hydrogen (secondary N) is 9. The first kappa shape index (κ1) is 69.1. The van der Waals surface area contributed by atoms with E-state index >= 15 is 0 Å². The molecule has 81 heavy (non-hydrogen) atoms. The van der Waals surface area contributed by atoms with E-state index in [9.17, 15) is 78.0 Å². The normalized spacial score (nSPS) is 15.0. The summed E-state index contributed by atoms with van der Waals surface area (Å²) in [6, 6.07) is 0.670. The summed E-state index contributed by atoms with van der Waals surface area (Å²) in [4.78, 5) is 160. The number of carbonyl (C=O) groups is 12. The molecule has 0 unspecified atom stereocenters. The van der Waals surface area contributed by atoms with Crippen LogP contribution in [0.1, 0.15) is 92.2 Å². The minimum atomic E-state index is -2.00. The van der Waals surface area contributed by atoms with Crippen LogP contribution in [0.4, 0.5) is 0 Å². The fourth-order valence-electron chi connectivity index (χ4n) is 7.95. The average Bonchev–Trinajstić information content (AvgIpc) is 3.38.